The van der Waals surface area contributed by atoms with Crippen molar-refractivity contribution in [3.05, 3.63) is 29.3 Å². The zero-order valence-electron chi connectivity index (χ0n) is 12.0. The van der Waals surface area contributed by atoms with Crippen molar-refractivity contribution in [3.8, 4) is 0 Å². The number of hydrogen-bond acceptors (Lipinski definition) is 2. The fourth-order valence-electron chi connectivity index (χ4n) is 2.46. The average Bonchev–Trinajstić information content (AvgIpc) is 3.26. The van der Waals surface area contributed by atoms with Crippen molar-refractivity contribution in [2.24, 2.45) is 11.8 Å². The van der Waals surface area contributed by atoms with Gasteiger partial charge in [0.1, 0.15) is 0 Å². The predicted molar refractivity (Wildman–Crippen MR) is 84.2 cm³/mol. The van der Waals surface area contributed by atoms with Crippen molar-refractivity contribution in [1.82, 2.24) is 4.90 Å². The van der Waals surface area contributed by atoms with Crippen LogP contribution in [0.3, 0.4) is 0 Å². The number of benzene rings is 1. The summed E-state index contributed by atoms with van der Waals surface area (Å²) in [6.45, 7) is 3.84. The molecule has 2 fully saturated rings. The van der Waals surface area contributed by atoms with Crippen LogP contribution in [0.5, 0.6) is 0 Å². The van der Waals surface area contributed by atoms with E-state index in [4.69, 9.17) is 5.73 Å². The number of hydrogen-bond donors (Lipinski definition) is 1. The Morgan fingerprint density at radius 3 is 2.20 bits per heavy atom. The van der Waals surface area contributed by atoms with Crippen molar-refractivity contribution < 1.29 is 4.79 Å². The fraction of sp³-hybridized carbons (Fsp3) is 0.562. The molecule has 0 bridgehead atoms. The second kappa shape index (κ2) is 6.04. The highest BCUT2D eigenvalue weighted by atomic mass is 35.5. The third-order valence-corrected chi connectivity index (χ3v) is 4.15. The number of nitrogens with two attached hydrogens (primary N) is 1. The molecule has 0 radical (unpaired) electrons. The first-order valence-electron chi connectivity index (χ1n) is 7.29. The van der Waals surface area contributed by atoms with Crippen LogP contribution in [0.15, 0.2) is 18.2 Å². The van der Waals surface area contributed by atoms with Crippen LogP contribution in [0.1, 0.15) is 41.6 Å². The Hall–Kier alpha value is -1.22. The highest BCUT2D eigenvalue weighted by Crippen LogP contribution is 2.34. The van der Waals surface area contributed by atoms with Crippen LogP contribution in [0.25, 0.3) is 0 Å². The van der Waals surface area contributed by atoms with Gasteiger partial charge in [-0.3, -0.25) is 4.79 Å². The van der Waals surface area contributed by atoms with Crippen molar-refractivity contribution >= 4 is 24.0 Å². The molecule has 0 heterocycles. The lowest BCUT2D eigenvalue weighted by Gasteiger charge is -2.23. The molecule has 1 amide bonds. The summed E-state index contributed by atoms with van der Waals surface area (Å²) in [5.74, 6) is 1.68. The summed E-state index contributed by atoms with van der Waals surface area (Å²) in [5, 5.41) is 0. The molecule has 0 spiro atoms. The smallest absolute Gasteiger partial charge is 0.253 e. The average molecular weight is 295 g/mol. The topological polar surface area (TPSA) is 46.3 Å². The zero-order chi connectivity index (χ0) is 13.4. The molecule has 2 aliphatic carbocycles. The summed E-state index contributed by atoms with van der Waals surface area (Å²) in [6.07, 6.45) is 5.15. The first-order valence-corrected chi connectivity index (χ1v) is 7.29. The van der Waals surface area contributed by atoms with Crippen LogP contribution in [0.4, 0.5) is 5.69 Å². The van der Waals surface area contributed by atoms with E-state index in [1.54, 1.807) is 0 Å². The van der Waals surface area contributed by atoms with E-state index in [1.165, 1.54) is 25.7 Å². The number of anilines is 1. The molecule has 0 atom stereocenters. The number of amides is 1. The van der Waals surface area contributed by atoms with Crippen LogP contribution in [-0.2, 0) is 0 Å². The molecule has 2 aliphatic rings. The molecule has 110 valence electrons. The minimum Gasteiger partial charge on any atom is -0.399 e. The Labute approximate surface area is 126 Å². The first-order chi connectivity index (χ1) is 9.13. The van der Waals surface area contributed by atoms with E-state index >= 15 is 0 Å². The molecule has 0 unspecified atom stereocenters. The molecule has 0 aliphatic heterocycles. The number of rotatable bonds is 5. The number of nitrogens with zero attached hydrogens (tertiary/aromatic N) is 1. The molecule has 20 heavy (non-hydrogen) atoms. The van der Waals surface area contributed by atoms with Gasteiger partial charge in [-0.2, -0.15) is 0 Å². The molecule has 0 aromatic heterocycles. The number of aryl methyl sites for hydroxylation is 1. The van der Waals surface area contributed by atoms with E-state index in [9.17, 15) is 4.79 Å². The standard InChI is InChI=1S/C16H22N2O.ClH/c1-11-8-14(6-7-15(11)17)16(19)18(9-12-2-3-12)10-13-4-5-13;/h6-8,12-13H,2-5,9-10,17H2,1H3;1H. The third kappa shape index (κ3) is 3.66. The Morgan fingerprint density at radius 2 is 1.75 bits per heavy atom. The summed E-state index contributed by atoms with van der Waals surface area (Å²) in [6, 6.07) is 5.62. The van der Waals surface area contributed by atoms with E-state index in [-0.39, 0.29) is 18.3 Å². The lowest BCUT2D eigenvalue weighted by Crippen LogP contribution is -2.34. The van der Waals surface area contributed by atoms with Gasteiger partial charge in [-0.15, -0.1) is 12.4 Å². The maximum absolute atomic E-state index is 12.6. The van der Waals surface area contributed by atoms with Gasteiger partial charge in [0, 0.05) is 24.3 Å². The second-order valence-corrected chi connectivity index (χ2v) is 6.17. The van der Waals surface area contributed by atoms with E-state index in [2.05, 4.69) is 4.90 Å². The Balaban J connectivity index is 0.00000147. The first kappa shape index (κ1) is 15.2. The monoisotopic (exact) mass is 294 g/mol. The Bertz CT molecular complexity index is 481. The fourth-order valence-corrected chi connectivity index (χ4v) is 2.46. The Kier molecular flexibility index (Phi) is 4.59. The Morgan fingerprint density at radius 1 is 1.20 bits per heavy atom. The molecule has 4 heteroatoms. The van der Waals surface area contributed by atoms with Gasteiger partial charge in [0.25, 0.3) is 5.91 Å². The van der Waals surface area contributed by atoms with Gasteiger partial charge in [-0.05, 0) is 68.2 Å². The largest absolute Gasteiger partial charge is 0.399 e. The molecule has 2 saturated carbocycles. The van der Waals surface area contributed by atoms with Gasteiger partial charge in [-0.25, -0.2) is 0 Å². The van der Waals surface area contributed by atoms with E-state index in [1.807, 2.05) is 25.1 Å². The van der Waals surface area contributed by atoms with Crippen LogP contribution in [0, 0.1) is 18.8 Å². The van der Waals surface area contributed by atoms with Gasteiger partial charge in [0.05, 0.1) is 0 Å². The van der Waals surface area contributed by atoms with Gasteiger partial charge in [-0.1, -0.05) is 0 Å². The summed E-state index contributed by atoms with van der Waals surface area (Å²) < 4.78 is 0. The van der Waals surface area contributed by atoms with E-state index < -0.39 is 0 Å². The van der Waals surface area contributed by atoms with Crippen molar-refractivity contribution in [2.45, 2.75) is 32.6 Å². The number of halogens is 1. The van der Waals surface area contributed by atoms with Crippen LogP contribution in [0.2, 0.25) is 0 Å². The molecule has 1 aromatic rings. The lowest BCUT2D eigenvalue weighted by molar-refractivity contribution is 0.0739. The van der Waals surface area contributed by atoms with Gasteiger partial charge < -0.3 is 10.6 Å². The van der Waals surface area contributed by atoms with Crippen LogP contribution >= 0.6 is 12.4 Å². The quantitative estimate of drug-likeness (QED) is 0.847. The van der Waals surface area contributed by atoms with Crippen LogP contribution in [-0.4, -0.2) is 23.9 Å². The lowest BCUT2D eigenvalue weighted by atomic mass is 10.1. The summed E-state index contributed by atoms with van der Waals surface area (Å²) in [7, 11) is 0. The molecule has 3 nitrogen and oxygen atoms in total. The predicted octanol–water partition coefficient (Wildman–Crippen LogP) is 3.26. The molecule has 3 rings (SSSR count). The second-order valence-electron chi connectivity index (χ2n) is 6.17. The van der Waals surface area contributed by atoms with Gasteiger partial charge in [0.15, 0.2) is 0 Å². The highest BCUT2D eigenvalue weighted by Gasteiger charge is 2.31. The maximum Gasteiger partial charge on any atom is 0.253 e. The third-order valence-electron chi connectivity index (χ3n) is 4.15. The van der Waals surface area contributed by atoms with Crippen molar-refractivity contribution in [3.63, 3.8) is 0 Å². The number of nitrogen functional groups attached to an aromatic ring is 1. The van der Waals surface area contributed by atoms with Gasteiger partial charge >= 0.3 is 0 Å². The number of carbonyl (C=O) groups excluding carboxylic acids is 1. The van der Waals surface area contributed by atoms with Crippen molar-refractivity contribution in [2.75, 3.05) is 18.8 Å². The normalized spacial score (nSPS) is 17.4. The SMILES string of the molecule is Cc1cc(C(=O)N(CC2CC2)CC2CC2)ccc1N.Cl. The van der Waals surface area contributed by atoms with Gasteiger partial charge in [0.2, 0.25) is 0 Å². The minimum absolute atomic E-state index is 0. The summed E-state index contributed by atoms with van der Waals surface area (Å²) in [5.41, 5.74) is 8.35. The zero-order valence-corrected chi connectivity index (χ0v) is 12.8. The number of carbonyl (C=O) groups is 1. The summed E-state index contributed by atoms with van der Waals surface area (Å²) in [4.78, 5) is 14.7. The molecule has 1 aromatic carbocycles. The maximum atomic E-state index is 12.6. The molecule has 0 saturated heterocycles. The van der Waals surface area contributed by atoms with Crippen molar-refractivity contribution in [1.29, 1.82) is 0 Å². The molecular weight excluding hydrogens is 272 g/mol. The summed E-state index contributed by atoms with van der Waals surface area (Å²) >= 11 is 0. The molecular formula is C16H23ClN2O. The van der Waals surface area contributed by atoms with E-state index in [0.717, 1.165) is 41.7 Å². The highest BCUT2D eigenvalue weighted by molar-refractivity contribution is 5.95. The van der Waals surface area contributed by atoms with Crippen LogP contribution < -0.4 is 5.73 Å². The molecule has 2 N–H and O–H groups in total. The minimum atomic E-state index is 0. The van der Waals surface area contributed by atoms with E-state index in [0.29, 0.717) is 0 Å².